The molecule has 1 aliphatic rings. The number of hydrogen-bond acceptors (Lipinski definition) is 3. The smallest absolute Gasteiger partial charge is 0.269 e. The summed E-state index contributed by atoms with van der Waals surface area (Å²) in [7, 11) is 0. The number of fused-ring (bicyclic) bond motifs is 1. The quantitative estimate of drug-likeness (QED) is 0.903. The van der Waals surface area contributed by atoms with Gasteiger partial charge in [-0.15, -0.1) is 0 Å². The second-order valence-electron chi connectivity index (χ2n) is 6.04. The van der Waals surface area contributed by atoms with E-state index in [1.54, 1.807) is 4.90 Å². The molecule has 6 heteroatoms. The molecule has 122 valence electrons. The number of aryl methyl sites for hydroxylation is 2. The minimum Gasteiger partial charge on any atom is -0.483 e. The van der Waals surface area contributed by atoms with Crippen LogP contribution in [0.25, 0.3) is 0 Å². The predicted octanol–water partition coefficient (Wildman–Crippen LogP) is 1.59. The van der Waals surface area contributed by atoms with Crippen molar-refractivity contribution in [3.05, 3.63) is 50.4 Å². The standard InChI is InChI=1S/C17H21N3O3/c1-10-4-5-11(2)16(12(10)3)23-9-15(21)20-7-6-14-13(8-20)17(22)19-18-14/h4-5H,6-9H2,1-3H3,(H2,18,19,22). The first kappa shape index (κ1) is 15.4. The minimum absolute atomic E-state index is 0.0111. The van der Waals surface area contributed by atoms with Gasteiger partial charge in [-0.1, -0.05) is 12.1 Å². The lowest BCUT2D eigenvalue weighted by molar-refractivity contribution is -0.134. The number of H-pyrrole nitrogens is 2. The Morgan fingerprint density at radius 1 is 1.22 bits per heavy atom. The van der Waals surface area contributed by atoms with E-state index < -0.39 is 0 Å². The second-order valence-corrected chi connectivity index (χ2v) is 6.04. The highest BCUT2D eigenvalue weighted by atomic mass is 16.5. The van der Waals surface area contributed by atoms with E-state index in [0.29, 0.717) is 25.1 Å². The van der Waals surface area contributed by atoms with Crippen LogP contribution in [0.2, 0.25) is 0 Å². The van der Waals surface area contributed by atoms with E-state index >= 15 is 0 Å². The molecule has 1 amide bonds. The van der Waals surface area contributed by atoms with Crippen LogP contribution in [-0.4, -0.2) is 34.2 Å². The van der Waals surface area contributed by atoms with Crippen LogP contribution in [0.3, 0.4) is 0 Å². The summed E-state index contributed by atoms with van der Waals surface area (Å²) in [6, 6.07) is 4.04. The fourth-order valence-corrected chi connectivity index (χ4v) is 2.90. The van der Waals surface area contributed by atoms with Gasteiger partial charge in [0.25, 0.3) is 11.5 Å². The van der Waals surface area contributed by atoms with E-state index in [4.69, 9.17) is 4.74 Å². The van der Waals surface area contributed by atoms with Gasteiger partial charge >= 0.3 is 0 Å². The molecule has 1 aromatic heterocycles. The SMILES string of the molecule is Cc1ccc(C)c(OCC(=O)N2CCc3[nH][nH]c(=O)c3C2)c1C. The molecule has 0 fully saturated rings. The number of nitrogens with one attached hydrogen (secondary N) is 2. The van der Waals surface area contributed by atoms with Crippen molar-refractivity contribution in [3.8, 4) is 5.75 Å². The van der Waals surface area contributed by atoms with Crippen molar-refractivity contribution in [1.29, 1.82) is 0 Å². The third-order valence-corrected chi connectivity index (χ3v) is 4.51. The lowest BCUT2D eigenvalue weighted by atomic mass is 10.1. The third-order valence-electron chi connectivity index (χ3n) is 4.51. The van der Waals surface area contributed by atoms with Crippen LogP contribution in [0.1, 0.15) is 27.9 Å². The zero-order chi connectivity index (χ0) is 16.6. The summed E-state index contributed by atoms with van der Waals surface area (Å²) < 4.78 is 5.78. The summed E-state index contributed by atoms with van der Waals surface area (Å²) >= 11 is 0. The Bertz CT molecular complexity index is 804. The van der Waals surface area contributed by atoms with E-state index in [1.165, 1.54) is 0 Å². The second kappa shape index (κ2) is 5.95. The summed E-state index contributed by atoms with van der Waals surface area (Å²) in [4.78, 5) is 25.8. The maximum Gasteiger partial charge on any atom is 0.269 e. The first-order valence-corrected chi connectivity index (χ1v) is 7.73. The van der Waals surface area contributed by atoms with Crippen molar-refractivity contribution < 1.29 is 9.53 Å². The van der Waals surface area contributed by atoms with Gasteiger partial charge in [-0.3, -0.25) is 14.7 Å². The van der Waals surface area contributed by atoms with Gasteiger partial charge in [-0.2, -0.15) is 0 Å². The average Bonchev–Trinajstić information content (AvgIpc) is 2.91. The van der Waals surface area contributed by atoms with Crippen LogP contribution in [-0.2, 0) is 17.8 Å². The average molecular weight is 315 g/mol. The van der Waals surface area contributed by atoms with Crippen LogP contribution in [0.5, 0.6) is 5.75 Å². The molecule has 2 N–H and O–H groups in total. The number of benzene rings is 1. The molecule has 2 aromatic rings. The van der Waals surface area contributed by atoms with Crippen molar-refractivity contribution in [2.75, 3.05) is 13.2 Å². The van der Waals surface area contributed by atoms with Crippen molar-refractivity contribution in [2.45, 2.75) is 33.7 Å². The topological polar surface area (TPSA) is 78.2 Å². The monoisotopic (exact) mass is 315 g/mol. The lowest BCUT2D eigenvalue weighted by Gasteiger charge is -2.26. The Morgan fingerprint density at radius 3 is 2.74 bits per heavy atom. The molecule has 0 spiro atoms. The van der Waals surface area contributed by atoms with Crippen molar-refractivity contribution in [2.24, 2.45) is 0 Å². The number of amides is 1. The van der Waals surface area contributed by atoms with Gasteiger partial charge in [0, 0.05) is 18.7 Å². The van der Waals surface area contributed by atoms with Gasteiger partial charge in [-0.25, -0.2) is 0 Å². The maximum absolute atomic E-state index is 12.4. The highest BCUT2D eigenvalue weighted by Gasteiger charge is 2.24. The summed E-state index contributed by atoms with van der Waals surface area (Å²) in [5.74, 6) is 0.673. The fourth-order valence-electron chi connectivity index (χ4n) is 2.90. The zero-order valence-corrected chi connectivity index (χ0v) is 13.7. The molecule has 2 heterocycles. The number of ether oxygens (including phenoxy) is 1. The number of nitrogens with zero attached hydrogens (tertiary/aromatic N) is 1. The van der Waals surface area contributed by atoms with E-state index in [2.05, 4.69) is 10.2 Å². The first-order valence-electron chi connectivity index (χ1n) is 7.73. The van der Waals surface area contributed by atoms with Crippen LogP contribution in [0, 0.1) is 20.8 Å². The molecule has 23 heavy (non-hydrogen) atoms. The Balaban J connectivity index is 1.68. The molecule has 6 nitrogen and oxygen atoms in total. The molecule has 1 aromatic carbocycles. The number of hydrogen-bond donors (Lipinski definition) is 2. The molecule has 0 aliphatic carbocycles. The molecule has 1 aliphatic heterocycles. The van der Waals surface area contributed by atoms with E-state index in [-0.39, 0.29) is 18.1 Å². The number of aromatic nitrogens is 2. The van der Waals surface area contributed by atoms with Crippen LogP contribution in [0.15, 0.2) is 16.9 Å². The first-order chi connectivity index (χ1) is 11.0. The van der Waals surface area contributed by atoms with Gasteiger partial charge in [0.2, 0.25) is 0 Å². The summed E-state index contributed by atoms with van der Waals surface area (Å²) in [6.45, 7) is 6.90. The largest absolute Gasteiger partial charge is 0.483 e. The van der Waals surface area contributed by atoms with Gasteiger partial charge in [0.15, 0.2) is 6.61 Å². The number of carbonyl (C=O) groups is 1. The fraction of sp³-hybridized carbons (Fsp3) is 0.412. The Morgan fingerprint density at radius 2 is 1.96 bits per heavy atom. The Hall–Kier alpha value is -2.50. The Labute approximate surface area is 134 Å². The van der Waals surface area contributed by atoms with Crippen molar-refractivity contribution in [3.63, 3.8) is 0 Å². The third kappa shape index (κ3) is 2.88. The molecule has 0 unspecified atom stereocenters. The number of rotatable bonds is 3. The van der Waals surface area contributed by atoms with Gasteiger partial charge < -0.3 is 14.7 Å². The van der Waals surface area contributed by atoms with Crippen LogP contribution in [0.4, 0.5) is 0 Å². The highest BCUT2D eigenvalue weighted by Crippen LogP contribution is 2.25. The highest BCUT2D eigenvalue weighted by molar-refractivity contribution is 5.78. The maximum atomic E-state index is 12.4. The van der Waals surface area contributed by atoms with Crippen LogP contribution < -0.4 is 10.3 Å². The van der Waals surface area contributed by atoms with E-state index in [1.807, 2.05) is 32.9 Å². The van der Waals surface area contributed by atoms with E-state index in [9.17, 15) is 9.59 Å². The lowest BCUT2D eigenvalue weighted by Crippen LogP contribution is -2.40. The number of aromatic amines is 2. The normalized spacial score (nSPS) is 13.8. The summed E-state index contributed by atoms with van der Waals surface area (Å²) in [6.07, 6.45) is 0.655. The van der Waals surface area contributed by atoms with Gasteiger partial charge in [0.1, 0.15) is 5.75 Å². The zero-order valence-electron chi connectivity index (χ0n) is 13.7. The molecule has 0 saturated carbocycles. The minimum atomic E-state index is -0.149. The molecular formula is C17H21N3O3. The number of carbonyl (C=O) groups excluding carboxylic acids is 1. The molecule has 0 saturated heterocycles. The predicted molar refractivity (Wildman–Crippen MR) is 86.7 cm³/mol. The Kier molecular flexibility index (Phi) is 3.98. The summed E-state index contributed by atoms with van der Waals surface area (Å²) in [5.41, 5.74) is 4.60. The van der Waals surface area contributed by atoms with E-state index in [0.717, 1.165) is 28.1 Å². The molecular weight excluding hydrogens is 294 g/mol. The van der Waals surface area contributed by atoms with Crippen molar-refractivity contribution >= 4 is 5.91 Å². The molecule has 0 atom stereocenters. The van der Waals surface area contributed by atoms with Gasteiger partial charge in [-0.05, 0) is 37.5 Å². The van der Waals surface area contributed by atoms with Crippen LogP contribution >= 0.6 is 0 Å². The molecule has 3 rings (SSSR count). The summed E-state index contributed by atoms with van der Waals surface area (Å²) in [5, 5.41) is 5.43. The van der Waals surface area contributed by atoms with Gasteiger partial charge in [0.05, 0.1) is 12.1 Å². The molecule has 0 radical (unpaired) electrons. The van der Waals surface area contributed by atoms with Crippen molar-refractivity contribution in [1.82, 2.24) is 15.1 Å². The molecule has 0 bridgehead atoms.